The van der Waals surface area contributed by atoms with E-state index in [1.165, 1.54) is 6.92 Å². The van der Waals surface area contributed by atoms with E-state index in [1.54, 1.807) is 0 Å². The lowest BCUT2D eigenvalue weighted by Gasteiger charge is -2.63. The molecule has 1 aliphatic rings. The van der Waals surface area contributed by atoms with Crippen molar-refractivity contribution in [1.29, 1.82) is 0 Å². The van der Waals surface area contributed by atoms with Crippen LogP contribution in [0.25, 0.3) is 0 Å². The first-order valence-electron chi connectivity index (χ1n) is 11.4. The number of hydrogen-bond acceptors (Lipinski definition) is 5. The van der Waals surface area contributed by atoms with Gasteiger partial charge in [-0.3, -0.25) is 14.4 Å². The van der Waals surface area contributed by atoms with Gasteiger partial charge in [0.2, 0.25) is 5.91 Å². The summed E-state index contributed by atoms with van der Waals surface area (Å²) in [5, 5.41) is 5.89. The fourth-order valence-electron chi connectivity index (χ4n) is 5.60. The minimum absolute atomic E-state index is 0.283. The second-order valence-electron chi connectivity index (χ2n) is 9.84. The van der Waals surface area contributed by atoms with E-state index in [2.05, 4.69) is 50.5 Å². The number of benzene rings is 2. The van der Waals surface area contributed by atoms with Gasteiger partial charge in [0.1, 0.15) is 16.5 Å². The SMILES string of the molecule is CC(=O)OCC(=O)N[C@@H]1C(=O)N[C@@H]1C(c1ccccc1)(C(C)(C)C)[C@@](C)(O[SiH3])c1ccccc1. The Morgan fingerprint density at radius 2 is 1.50 bits per heavy atom. The van der Waals surface area contributed by atoms with Gasteiger partial charge in [-0.05, 0) is 23.5 Å². The summed E-state index contributed by atoms with van der Waals surface area (Å²) in [6.07, 6.45) is 0. The van der Waals surface area contributed by atoms with Gasteiger partial charge in [-0.15, -0.1) is 0 Å². The highest BCUT2D eigenvalue weighted by atomic mass is 28.2. The van der Waals surface area contributed by atoms with Gasteiger partial charge < -0.3 is 19.8 Å². The second-order valence-corrected chi connectivity index (χ2v) is 10.2. The molecule has 1 saturated heterocycles. The third kappa shape index (κ3) is 4.28. The first-order chi connectivity index (χ1) is 16.0. The summed E-state index contributed by atoms with van der Waals surface area (Å²) in [6.45, 7) is 9.25. The number of hydrogen-bond donors (Lipinski definition) is 2. The van der Waals surface area contributed by atoms with Crippen molar-refractivity contribution < 1.29 is 23.5 Å². The molecule has 2 aromatic carbocycles. The van der Waals surface area contributed by atoms with Crippen molar-refractivity contribution >= 4 is 28.3 Å². The molecule has 1 heterocycles. The number of carbonyl (C=O) groups is 3. The van der Waals surface area contributed by atoms with Crippen molar-refractivity contribution in [2.45, 2.75) is 57.7 Å². The summed E-state index contributed by atoms with van der Waals surface area (Å²) in [5.74, 6) is -1.36. The molecule has 0 aliphatic carbocycles. The lowest BCUT2D eigenvalue weighted by molar-refractivity contribution is -0.153. The Kier molecular flexibility index (Phi) is 7.33. The predicted molar refractivity (Wildman–Crippen MR) is 133 cm³/mol. The van der Waals surface area contributed by atoms with E-state index in [4.69, 9.17) is 9.16 Å². The largest absolute Gasteiger partial charge is 0.456 e. The Hall–Kier alpha value is -2.97. The van der Waals surface area contributed by atoms with Crippen LogP contribution in [0.2, 0.25) is 0 Å². The Morgan fingerprint density at radius 1 is 0.971 bits per heavy atom. The Morgan fingerprint density at radius 3 is 1.94 bits per heavy atom. The molecule has 0 radical (unpaired) electrons. The highest BCUT2D eigenvalue weighted by Crippen LogP contribution is 2.58. The number of carbonyl (C=O) groups excluding carboxylic acids is 3. The highest BCUT2D eigenvalue weighted by molar-refractivity contribution is 5.99. The van der Waals surface area contributed by atoms with Gasteiger partial charge in [0, 0.05) is 6.92 Å². The van der Waals surface area contributed by atoms with Crippen LogP contribution in [0.5, 0.6) is 0 Å². The summed E-state index contributed by atoms with van der Waals surface area (Å²) in [7, 11) is 0.447. The molecule has 2 amide bonds. The molecule has 34 heavy (non-hydrogen) atoms. The smallest absolute Gasteiger partial charge is 0.303 e. The molecule has 3 rings (SSSR count). The quantitative estimate of drug-likeness (QED) is 0.340. The normalized spacial score (nSPS) is 21.4. The molecule has 1 aliphatic heterocycles. The van der Waals surface area contributed by atoms with E-state index < -0.39 is 47.0 Å². The zero-order valence-electron chi connectivity index (χ0n) is 20.7. The summed E-state index contributed by atoms with van der Waals surface area (Å²) in [5.41, 5.74) is -0.0703. The second kappa shape index (κ2) is 9.72. The van der Waals surface area contributed by atoms with Crippen LogP contribution < -0.4 is 10.6 Å². The maximum absolute atomic E-state index is 12.8. The van der Waals surface area contributed by atoms with E-state index in [9.17, 15) is 14.4 Å². The zero-order valence-corrected chi connectivity index (χ0v) is 22.7. The highest BCUT2D eigenvalue weighted by Gasteiger charge is 2.67. The molecule has 8 heteroatoms. The van der Waals surface area contributed by atoms with Crippen LogP contribution in [0.1, 0.15) is 45.7 Å². The minimum Gasteiger partial charge on any atom is -0.456 e. The molecule has 182 valence electrons. The lowest BCUT2D eigenvalue weighted by atomic mass is 9.47. The third-order valence-electron chi connectivity index (χ3n) is 7.00. The van der Waals surface area contributed by atoms with Gasteiger partial charge in [-0.25, -0.2) is 0 Å². The molecule has 0 spiro atoms. The van der Waals surface area contributed by atoms with Crippen LogP contribution in [0.4, 0.5) is 0 Å². The molecular weight excluding hydrogens is 448 g/mol. The predicted octanol–water partition coefficient (Wildman–Crippen LogP) is 1.73. The fraction of sp³-hybridized carbons (Fsp3) is 0.423. The van der Waals surface area contributed by atoms with Crippen molar-refractivity contribution in [3.8, 4) is 0 Å². The Balaban J connectivity index is 2.21. The third-order valence-corrected chi connectivity index (χ3v) is 7.82. The van der Waals surface area contributed by atoms with Crippen LogP contribution in [0.15, 0.2) is 60.7 Å². The molecular formula is C26H34N2O5Si. The van der Waals surface area contributed by atoms with Gasteiger partial charge in [0.05, 0.1) is 17.1 Å². The Bertz CT molecular complexity index is 1040. The van der Waals surface area contributed by atoms with Crippen LogP contribution in [-0.4, -0.2) is 47.0 Å². The minimum atomic E-state index is -0.836. The average molecular weight is 483 g/mol. The van der Waals surface area contributed by atoms with Crippen molar-refractivity contribution in [2.75, 3.05) is 6.61 Å². The molecule has 0 bridgehead atoms. The van der Waals surface area contributed by atoms with E-state index in [1.807, 2.05) is 48.5 Å². The van der Waals surface area contributed by atoms with Gasteiger partial charge >= 0.3 is 5.97 Å². The number of ether oxygens (including phenoxy) is 1. The van der Waals surface area contributed by atoms with Crippen molar-refractivity contribution in [3.05, 3.63) is 71.8 Å². The van der Waals surface area contributed by atoms with E-state index in [0.29, 0.717) is 10.5 Å². The molecule has 2 N–H and O–H groups in total. The number of β-lactam (4-membered cyclic amide) rings is 1. The summed E-state index contributed by atoms with van der Waals surface area (Å²) in [4.78, 5) is 36.5. The van der Waals surface area contributed by atoms with Crippen LogP contribution in [-0.2, 0) is 34.6 Å². The monoisotopic (exact) mass is 482 g/mol. The molecule has 0 aromatic heterocycles. The van der Waals surface area contributed by atoms with Crippen LogP contribution in [0, 0.1) is 5.41 Å². The average Bonchev–Trinajstić information content (AvgIpc) is 2.81. The fourth-order valence-corrected chi connectivity index (χ4v) is 6.16. The van der Waals surface area contributed by atoms with Crippen LogP contribution >= 0.6 is 0 Å². The van der Waals surface area contributed by atoms with Gasteiger partial charge in [-0.2, -0.15) is 0 Å². The summed E-state index contributed by atoms with van der Waals surface area (Å²) >= 11 is 0. The van der Waals surface area contributed by atoms with Gasteiger partial charge in [-0.1, -0.05) is 81.4 Å². The summed E-state index contributed by atoms with van der Waals surface area (Å²) in [6, 6.07) is 18.7. The van der Waals surface area contributed by atoms with Gasteiger partial charge in [0.15, 0.2) is 6.61 Å². The van der Waals surface area contributed by atoms with E-state index in [0.717, 1.165) is 11.1 Å². The molecule has 1 unspecified atom stereocenters. The first-order valence-corrected chi connectivity index (χ1v) is 12.2. The van der Waals surface area contributed by atoms with E-state index >= 15 is 0 Å². The van der Waals surface area contributed by atoms with Crippen LogP contribution in [0.3, 0.4) is 0 Å². The number of esters is 1. The standard InChI is InChI=1S/C26H34N2O5Si/c1-17(29)32-16-20(30)27-21-22(28-23(21)31)26(24(2,3)4,19-14-10-7-11-15-19)25(5,33-34)18-12-8-6-9-13-18/h6-15,21-22H,16H2,1-5,34H3,(H,27,30)(H,28,31)/t21-,22-,25-,26?/m0/s1. The van der Waals surface area contributed by atoms with Crippen molar-refractivity contribution in [2.24, 2.45) is 5.41 Å². The van der Waals surface area contributed by atoms with Gasteiger partial charge in [0.25, 0.3) is 5.91 Å². The maximum atomic E-state index is 12.8. The van der Waals surface area contributed by atoms with Crippen molar-refractivity contribution in [3.63, 3.8) is 0 Å². The molecule has 7 nitrogen and oxygen atoms in total. The maximum Gasteiger partial charge on any atom is 0.303 e. The Labute approximate surface area is 204 Å². The lowest BCUT2D eigenvalue weighted by Crippen LogP contribution is -2.81. The number of nitrogens with one attached hydrogen (secondary N) is 2. The number of rotatable bonds is 8. The molecule has 0 saturated carbocycles. The molecule has 4 atom stereocenters. The molecule has 2 aromatic rings. The molecule has 1 fully saturated rings. The first kappa shape index (κ1) is 25.6. The van der Waals surface area contributed by atoms with Crippen molar-refractivity contribution in [1.82, 2.24) is 10.6 Å². The van der Waals surface area contributed by atoms with E-state index in [-0.39, 0.29) is 5.91 Å². The zero-order chi connectivity index (χ0) is 25.1. The number of amides is 2. The topological polar surface area (TPSA) is 93.7 Å². The summed E-state index contributed by atoms with van der Waals surface area (Å²) < 4.78 is 11.3.